The van der Waals surface area contributed by atoms with Crippen molar-refractivity contribution < 1.29 is 24.1 Å². The van der Waals surface area contributed by atoms with Crippen LogP contribution in [-0.4, -0.2) is 50.9 Å². The van der Waals surface area contributed by atoms with Crippen LogP contribution in [0.25, 0.3) is 0 Å². The lowest BCUT2D eigenvalue weighted by Gasteiger charge is -2.30. The molecule has 1 aromatic rings. The molecule has 2 atom stereocenters. The van der Waals surface area contributed by atoms with Crippen molar-refractivity contribution in [2.45, 2.75) is 39.0 Å². The third kappa shape index (κ3) is 7.61. The van der Waals surface area contributed by atoms with Gasteiger partial charge in [0, 0.05) is 14.2 Å². The third-order valence-electron chi connectivity index (χ3n) is 4.18. The Hall–Kier alpha value is -2.22. The molecule has 0 aliphatic carbocycles. The van der Waals surface area contributed by atoms with Crippen LogP contribution in [0.4, 0.5) is 10.5 Å². The van der Waals surface area contributed by atoms with E-state index in [9.17, 15) is 9.90 Å². The number of nitrogens with one attached hydrogen (secondary N) is 2. The van der Waals surface area contributed by atoms with Gasteiger partial charge >= 0.3 is 6.09 Å². The highest BCUT2D eigenvalue weighted by atomic mass is 35.5. The Balaban J connectivity index is 2.87. The number of amides is 1. The van der Waals surface area contributed by atoms with Gasteiger partial charge < -0.3 is 24.6 Å². The Morgan fingerprint density at radius 2 is 2.07 bits per heavy atom. The molecule has 0 aliphatic heterocycles. The van der Waals surface area contributed by atoms with E-state index in [1.54, 1.807) is 33.2 Å². The predicted octanol–water partition coefficient (Wildman–Crippen LogP) is 3.90. The van der Waals surface area contributed by atoms with E-state index in [2.05, 4.69) is 10.6 Å². The number of halogens is 1. The zero-order valence-electron chi connectivity index (χ0n) is 17.8. The molecule has 0 saturated carbocycles. The molecule has 162 valence electrons. The van der Waals surface area contributed by atoms with Gasteiger partial charge in [-0.3, -0.25) is 5.32 Å². The zero-order valence-corrected chi connectivity index (χ0v) is 18.6. The molecule has 0 radical (unpaired) electrons. The quantitative estimate of drug-likeness (QED) is 0.388. The maximum absolute atomic E-state index is 11.6. The molecule has 0 saturated heterocycles. The molecular weight excluding hydrogens is 396 g/mol. The van der Waals surface area contributed by atoms with Crippen LogP contribution < -0.4 is 15.4 Å². The first kappa shape index (κ1) is 24.8. The average Bonchev–Trinajstić information content (AvgIpc) is 2.65. The number of rotatable bonds is 10. The van der Waals surface area contributed by atoms with Crippen molar-refractivity contribution in [1.82, 2.24) is 5.32 Å². The summed E-state index contributed by atoms with van der Waals surface area (Å²) in [5.74, 6) is 0.609. The summed E-state index contributed by atoms with van der Waals surface area (Å²) in [7, 11) is 4.83. The zero-order chi connectivity index (χ0) is 22.0. The van der Waals surface area contributed by atoms with Crippen LogP contribution in [0.2, 0.25) is 5.02 Å². The van der Waals surface area contributed by atoms with Crippen LogP contribution in [0.15, 0.2) is 35.9 Å². The summed E-state index contributed by atoms with van der Waals surface area (Å²) < 4.78 is 15.4. The molecular formula is C21H31ClN2O5. The molecule has 7 nitrogen and oxygen atoms in total. The third-order valence-corrected chi connectivity index (χ3v) is 4.57. The van der Waals surface area contributed by atoms with Crippen LogP contribution in [-0.2, 0) is 15.9 Å². The van der Waals surface area contributed by atoms with Gasteiger partial charge in [-0.1, -0.05) is 35.4 Å². The fourth-order valence-corrected chi connectivity index (χ4v) is 3.01. The number of methoxy groups -OCH3 is 2. The molecule has 0 heterocycles. The normalized spacial score (nSPS) is 15.0. The van der Waals surface area contributed by atoms with Gasteiger partial charge in [0.05, 0.1) is 19.4 Å². The van der Waals surface area contributed by atoms with E-state index in [4.69, 9.17) is 25.8 Å². The second kappa shape index (κ2) is 11.7. The summed E-state index contributed by atoms with van der Waals surface area (Å²) in [6, 6.07) is 3.87. The Morgan fingerprint density at radius 3 is 2.62 bits per heavy atom. The molecule has 0 fully saturated rings. The SMILES string of the molecule is CCOC(=O)NC(C)(O)[C@H](/C=C/C=C(\C)Cc1cc(NC)c(Cl)c(OC)c1)OC. The van der Waals surface area contributed by atoms with Crippen LogP contribution >= 0.6 is 11.6 Å². The Morgan fingerprint density at radius 1 is 1.38 bits per heavy atom. The Labute approximate surface area is 177 Å². The van der Waals surface area contributed by atoms with E-state index in [0.717, 1.165) is 16.8 Å². The maximum Gasteiger partial charge on any atom is 0.409 e. The lowest BCUT2D eigenvalue weighted by molar-refractivity contribution is -0.0765. The van der Waals surface area contributed by atoms with Crippen molar-refractivity contribution in [1.29, 1.82) is 0 Å². The second-order valence-electron chi connectivity index (χ2n) is 6.63. The van der Waals surface area contributed by atoms with Gasteiger partial charge in [0.15, 0.2) is 5.72 Å². The largest absolute Gasteiger partial charge is 0.495 e. The van der Waals surface area contributed by atoms with Gasteiger partial charge in [0.2, 0.25) is 0 Å². The highest BCUT2D eigenvalue weighted by Gasteiger charge is 2.32. The number of hydrogen-bond donors (Lipinski definition) is 3. The molecule has 3 N–H and O–H groups in total. The summed E-state index contributed by atoms with van der Waals surface area (Å²) in [6.45, 7) is 5.33. The Bertz CT molecular complexity index is 722. The number of carbonyl (C=O) groups is 1. The standard InChI is InChI=1S/C21H31ClN2O5/c1-7-29-20(25)24-21(3,26)18(28-6)10-8-9-14(2)11-15-12-16(23-4)19(22)17(13-15)27-5/h8-10,12-13,18,23,26H,7,11H2,1-6H3,(H,24,25)/b10-8+,14-9+/t18-,21?/m0/s1. The van der Waals surface area contributed by atoms with Gasteiger partial charge in [-0.15, -0.1) is 0 Å². The maximum atomic E-state index is 11.6. The minimum Gasteiger partial charge on any atom is -0.495 e. The first-order valence-electron chi connectivity index (χ1n) is 9.26. The van der Waals surface area contributed by atoms with Gasteiger partial charge in [-0.05, 0) is 44.9 Å². The van der Waals surface area contributed by atoms with E-state index in [1.165, 1.54) is 14.0 Å². The number of ether oxygens (including phenoxy) is 3. The van der Waals surface area contributed by atoms with Crippen molar-refractivity contribution in [2.24, 2.45) is 0 Å². The lowest BCUT2D eigenvalue weighted by atomic mass is 10.0. The second-order valence-corrected chi connectivity index (χ2v) is 7.01. The van der Waals surface area contributed by atoms with Crippen LogP contribution in [0.3, 0.4) is 0 Å². The van der Waals surface area contributed by atoms with E-state index in [0.29, 0.717) is 17.2 Å². The molecule has 1 rings (SSSR count). The number of benzene rings is 1. The summed E-state index contributed by atoms with van der Waals surface area (Å²) in [4.78, 5) is 11.6. The van der Waals surface area contributed by atoms with Crippen LogP contribution in [0, 0.1) is 0 Å². The predicted molar refractivity (Wildman–Crippen MR) is 116 cm³/mol. The van der Waals surface area contributed by atoms with Gasteiger partial charge in [-0.2, -0.15) is 0 Å². The molecule has 0 bridgehead atoms. The van der Waals surface area contributed by atoms with Gasteiger partial charge in [0.25, 0.3) is 0 Å². The first-order chi connectivity index (χ1) is 13.7. The van der Waals surface area contributed by atoms with E-state index < -0.39 is 17.9 Å². The molecule has 0 spiro atoms. The summed E-state index contributed by atoms with van der Waals surface area (Å²) in [5.41, 5.74) is 1.28. The van der Waals surface area contributed by atoms with Crippen molar-refractivity contribution in [2.75, 3.05) is 33.2 Å². The molecule has 0 aliphatic rings. The van der Waals surface area contributed by atoms with Crippen molar-refractivity contribution in [3.05, 3.63) is 46.5 Å². The minimum absolute atomic E-state index is 0.210. The van der Waals surface area contributed by atoms with E-state index >= 15 is 0 Å². The molecule has 1 unspecified atom stereocenters. The monoisotopic (exact) mass is 426 g/mol. The van der Waals surface area contributed by atoms with E-state index in [1.807, 2.05) is 25.1 Å². The minimum atomic E-state index is -1.62. The highest BCUT2D eigenvalue weighted by Crippen LogP contribution is 2.34. The molecule has 8 heteroatoms. The fraction of sp³-hybridized carbons (Fsp3) is 0.476. The molecule has 29 heavy (non-hydrogen) atoms. The van der Waals surface area contributed by atoms with Crippen molar-refractivity contribution in [3.63, 3.8) is 0 Å². The summed E-state index contributed by atoms with van der Waals surface area (Å²) in [5, 5.41) is 16.4. The van der Waals surface area contributed by atoms with Crippen LogP contribution in [0.1, 0.15) is 26.3 Å². The first-order valence-corrected chi connectivity index (χ1v) is 9.64. The van der Waals surface area contributed by atoms with Crippen molar-refractivity contribution >= 4 is 23.4 Å². The molecule has 1 aromatic carbocycles. The Kier molecular flexibility index (Phi) is 10.0. The molecule has 1 amide bonds. The summed E-state index contributed by atoms with van der Waals surface area (Å²) in [6.07, 6.45) is 4.56. The van der Waals surface area contributed by atoms with Gasteiger partial charge in [-0.25, -0.2) is 4.79 Å². The summed E-state index contributed by atoms with van der Waals surface area (Å²) >= 11 is 6.26. The number of hydrogen-bond acceptors (Lipinski definition) is 6. The number of alkyl carbamates (subject to hydrolysis) is 1. The fourth-order valence-electron chi connectivity index (χ4n) is 2.73. The average molecular weight is 427 g/mol. The molecule has 0 aromatic heterocycles. The number of anilines is 1. The van der Waals surface area contributed by atoms with Crippen molar-refractivity contribution in [3.8, 4) is 5.75 Å². The van der Waals surface area contributed by atoms with Crippen LogP contribution in [0.5, 0.6) is 5.75 Å². The lowest BCUT2D eigenvalue weighted by Crippen LogP contribution is -2.54. The highest BCUT2D eigenvalue weighted by molar-refractivity contribution is 6.34. The smallest absolute Gasteiger partial charge is 0.409 e. The number of aliphatic hydroxyl groups is 1. The topological polar surface area (TPSA) is 89.1 Å². The number of allylic oxidation sites excluding steroid dienone is 3. The number of carbonyl (C=O) groups excluding carboxylic acids is 1. The van der Waals surface area contributed by atoms with E-state index in [-0.39, 0.29) is 6.61 Å². The van der Waals surface area contributed by atoms with Gasteiger partial charge in [0.1, 0.15) is 16.9 Å².